The minimum Gasteiger partial charge on any atom is -0.241 e. The van der Waals surface area contributed by atoms with Crippen molar-refractivity contribution in [2.75, 3.05) is 0 Å². The molecule has 1 aliphatic heterocycles. The van der Waals surface area contributed by atoms with Gasteiger partial charge in [-0.2, -0.15) is 5.10 Å². The predicted octanol–water partition coefficient (Wildman–Crippen LogP) is 1.46. The van der Waals surface area contributed by atoms with Gasteiger partial charge in [-0.3, -0.25) is 0 Å². The molecule has 1 aromatic rings. The Morgan fingerprint density at radius 3 is 3.50 bits per heavy atom. The molecular weight excluding hydrogens is 126 g/mol. The molecule has 2 rings (SSSR count). The van der Waals surface area contributed by atoms with E-state index in [0.29, 0.717) is 0 Å². The molecule has 10 heavy (non-hydrogen) atoms. The third-order valence-electron chi connectivity index (χ3n) is 1.36. The van der Waals surface area contributed by atoms with Crippen LogP contribution >= 0.6 is 0 Å². The lowest BCUT2D eigenvalue weighted by Crippen LogP contribution is -1.84. The SMILES string of the molecule is C1=Cn2nccc2N=CC1. The van der Waals surface area contributed by atoms with Crippen molar-refractivity contribution in [3.05, 3.63) is 18.3 Å². The average Bonchev–Trinajstić information content (AvgIpc) is 2.28. The summed E-state index contributed by atoms with van der Waals surface area (Å²) in [6, 6.07) is 1.88. The van der Waals surface area contributed by atoms with E-state index in [1.807, 2.05) is 24.6 Å². The van der Waals surface area contributed by atoms with Gasteiger partial charge in [0.05, 0.1) is 6.20 Å². The molecule has 0 saturated heterocycles. The highest BCUT2D eigenvalue weighted by atomic mass is 15.3. The maximum Gasteiger partial charge on any atom is 0.154 e. The third-order valence-corrected chi connectivity index (χ3v) is 1.36. The molecule has 0 amide bonds. The summed E-state index contributed by atoms with van der Waals surface area (Å²) in [7, 11) is 0. The maximum atomic E-state index is 4.16. The first-order chi connectivity index (χ1) is 4.97. The summed E-state index contributed by atoms with van der Waals surface area (Å²) in [5.74, 6) is 0.897. The smallest absolute Gasteiger partial charge is 0.154 e. The van der Waals surface area contributed by atoms with Gasteiger partial charge in [0.15, 0.2) is 5.82 Å². The lowest BCUT2D eigenvalue weighted by Gasteiger charge is -1.90. The lowest BCUT2D eigenvalue weighted by molar-refractivity contribution is 0.935. The van der Waals surface area contributed by atoms with Gasteiger partial charge in [0.2, 0.25) is 0 Å². The van der Waals surface area contributed by atoms with Gasteiger partial charge in [0.25, 0.3) is 0 Å². The van der Waals surface area contributed by atoms with E-state index in [2.05, 4.69) is 10.1 Å². The van der Waals surface area contributed by atoms with Crippen LogP contribution in [0, 0.1) is 0 Å². The van der Waals surface area contributed by atoms with Crippen molar-refractivity contribution in [1.82, 2.24) is 9.78 Å². The first-order valence-corrected chi connectivity index (χ1v) is 3.19. The second-order valence-electron chi connectivity index (χ2n) is 2.07. The van der Waals surface area contributed by atoms with E-state index in [0.717, 1.165) is 12.2 Å². The Kier molecular flexibility index (Phi) is 1.13. The van der Waals surface area contributed by atoms with Crippen LogP contribution < -0.4 is 0 Å². The zero-order valence-corrected chi connectivity index (χ0v) is 5.44. The molecule has 0 atom stereocenters. The number of rotatable bonds is 0. The molecule has 0 unspecified atom stereocenters. The molecular formula is C7H7N3. The standard InChI is InChI=1S/C7H7N3/c1-2-6-10-7(8-4-1)3-5-9-10/h2-6H,1H2. The van der Waals surface area contributed by atoms with Gasteiger partial charge in [-0.1, -0.05) is 6.08 Å². The van der Waals surface area contributed by atoms with E-state index in [1.165, 1.54) is 0 Å². The third kappa shape index (κ3) is 0.757. The summed E-state index contributed by atoms with van der Waals surface area (Å²) < 4.78 is 1.75. The van der Waals surface area contributed by atoms with Gasteiger partial charge >= 0.3 is 0 Å². The number of allylic oxidation sites excluding steroid dienone is 1. The zero-order chi connectivity index (χ0) is 6.81. The Bertz CT molecular complexity index is 256. The molecule has 0 fully saturated rings. The van der Waals surface area contributed by atoms with E-state index in [4.69, 9.17) is 0 Å². The van der Waals surface area contributed by atoms with E-state index in [-0.39, 0.29) is 0 Å². The molecule has 0 N–H and O–H groups in total. The van der Waals surface area contributed by atoms with Gasteiger partial charge in [-0.15, -0.1) is 0 Å². The molecule has 0 aromatic carbocycles. The van der Waals surface area contributed by atoms with Crippen molar-refractivity contribution >= 4 is 18.2 Å². The number of nitrogens with zero attached hydrogens (tertiary/aromatic N) is 3. The highest BCUT2D eigenvalue weighted by molar-refractivity contribution is 5.66. The molecule has 0 radical (unpaired) electrons. The average molecular weight is 133 g/mol. The van der Waals surface area contributed by atoms with Crippen molar-refractivity contribution in [1.29, 1.82) is 0 Å². The first kappa shape index (κ1) is 5.41. The second-order valence-corrected chi connectivity index (χ2v) is 2.07. The van der Waals surface area contributed by atoms with Crippen LogP contribution in [0.1, 0.15) is 6.42 Å². The number of hydrogen-bond acceptors (Lipinski definition) is 2. The minimum atomic E-state index is 0.892. The van der Waals surface area contributed by atoms with Crippen LogP contribution in [0.3, 0.4) is 0 Å². The maximum absolute atomic E-state index is 4.16. The fraction of sp³-hybridized carbons (Fsp3) is 0.143. The van der Waals surface area contributed by atoms with Gasteiger partial charge in [0.1, 0.15) is 0 Å². The van der Waals surface area contributed by atoms with Crippen LogP contribution in [0.25, 0.3) is 6.20 Å². The highest BCUT2D eigenvalue weighted by Crippen LogP contribution is 2.12. The number of fused-ring (bicyclic) bond motifs is 1. The molecule has 0 aliphatic carbocycles. The molecule has 0 saturated carbocycles. The number of aromatic nitrogens is 2. The summed E-state index contributed by atoms with van der Waals surface area (Å²) in [5, 5.41) is 4.03. The van der Waals surface area contributed by atoms with Crippen LogP contribution in [-0.4, -0.2) is 16.0 Å². The first-order valence-electron chi connectivity index (χ1n) is 3.19. The Morgan fingerprint density at radius 2 is 2.50 bits per heavy atom. The quantitative estimate of drug-likeness (QED) is 0.527. The van der Waals surface area contributed by atoms with Crippen molar-refractivity contribution in [3.63, 3.8) is 0 Å². The van der Waals surface area contributed by atoms with Crippen LogP contribution in [0.2, 0.25) is 0 Å². The topological polar surface area (TPSA) is 30.2 Å². The fourth-order valence-electron chi connectivity index (χ4n) is 0.892. The van der Waals surface area contributed by atoms with Gasteiger partial charge in [0, 0.05) is 24.9 Å². The van der Waals surface area contributed by atoms with Gasteiger partial charge in [-0.25, -0.2) is 9.67 Å². The second kappa shape index (κ2) is 2.10. The van der Waals surface area contributed by atoms with E-state index in [1.54, 1.807) is 10.9 Å². The summed E-state index contributed by atoms with van der Waals surface area (Å²) in [6.45, 7) is 0. The fourth-order valence-corrected chi connectivity index (χ4v) is 0.892. The molecule has 1 aliphatic rings. The van der Waals surface area contributed by atoms with E-state index in [9.17, 15) is 0 Å². The van der Waals surface area contributed by atoms with Crippen molar-refractivity contribution < 1.29 is 0 Å². The van der Waals surface area contributed by atoms with E-state index < -0.39 is 0 Å². The highest BCUT2D eigenvalue weighted by Gasteiger charge is 1.96. The zero-order valence-electron chi connectivity index (χ0n) is 5.44. The summed E-state index contributed by atoms with van der Waals surface area (Å²) in [5.41, 5.74) is 0. The van der Waals surface area contributed by atoms with Crippen molar-refractivity contribution in [3.8, 4) is 0 Å². The largest absolute Gasteiger partial charge is 0.241 e. The van der Waals surface area contributed by atoms with Crippen LogP contribution in [0.4, 0.5) is 5.82 Å². The molecule has 1 aromatic heterocycles. The Hall–Kier alpha value is -1.38. The van der Waals surface area contributed by atoms with E-state index >= 15 is 0 Å². The monoisotopic (exact) mass is 133 g/mol. The Labute approximate surface area is 58.7 Å². The normalized spacial score (nSPS) is 14.8. The van der Waals surface area contributed by atoms with Crippen LogP contribution in [0.5, 0.6) is 0 Å². The van der Waals surface area contributed by atoms with Gasteiger partial charge in [-0.05, 0) is 0 Å². The number of hydrogen-bond donors (Lipinski definition) is 0. The van der Waals surface area contributed by atoms with Crippen molar-refractivity contribution in [2.24, 2.45) is 4.99 Å². The van der Waals surface area contributed by atoms with Gasteiger partial charge < -0.3 is 0 Å². The molecule has 0 spiro atoms. The molecule has 50 valence electrons. The summed E-state index contributed by atoms with van der Waals surface area (Å²) in [6.07, 6.45) is 8.44. The predicted molar refractivity (Wildman–Crippen MR) is 40.3 cm³/mol. The summed E-state index contributed by atoms with van der Waals surface area (Å²) in [4.78, 5) is 4.16. The summed E-state index contributed by atoms with van der Waals surface area (Å²) >= 11 is 0. The lowest BCUT2D eigenvalue weighted by atomic mass is 10.4. The number of aliphatic imine (C=N–C) groups is 1. The van der Waals surface area contributed by atoms with Crippen LogP contribution in [0.15, 0.2) is 23.3 Å². The minimum absolute atomic E-state index is 0.892. The molecule has 3 heteroatoms. The Balaban J connectivity index is 2.56. The van der Waals surface area contributed by atoms with Crippen LogP contribution in [-0.2, 0) is 0 Å². The molecule has 0 bridgehead atoms. The molecule has 2 heterocycles. The van der Waals surface area contributed by atoms with Crippen molar-refractivity contribution in [2.45, 2.75) is 6.42 Å². The molecule has 3 nitrogen and oxygen atoms in total. The Morgan fingerprint density at radius 1 is 1.50 bits per heavy atom.